The number of hydrogen-bond acceptors (Lipinski definition) is 5. The van der Waals surface area contributed by atoms with Gasteiger partial charge in [-0.25, -0.2) is 14.3 Å². The second kappa shape index (κ2) is 8.26. The van der Waals surface area contributed by atoms with Crippen LogP contribution in [0.2, 0.25) is 0 Å². The summed E-state index contributed by atoms with van der Waals surface area (Å²) in [6.07, 6.45) is -2.27. The number of amides is 2. The molecule has 1 unspecified atom stereocenters. The van der Waals surface area contributed by atoms with Crippen LogP contribution in [-0.2, 0) is 15.8 Å². The number of alkyl halides is 3. The van der Waals surface area contributed by atoms with Gasteiger partial charge < -0.3 is 10.2 Å². The van der Waals surface area contributed by atoms with Crippen LogP contribution >= 0.6 is 0 Å². The maximum Gasteiger partial charge on any atom is 0.417 e. The van der Waals surface area contributed by atoms with Crippen LogP contribution in [0, 0.1) is 5.82 Å². The third-order valence-electron chi connectivity index (χ3n) is 5.56. The Bertz CT molecular complexity index is 955. The first-order valence-electron chi connectivity index (χ1n) is 9.89. The molecule has 164 valence electrons. The largest absolute Gasteiger partial charge is 0.417 e. The molecule has 0 spiro atoms. The Labute approximate surface area is 175 Å². The zero-order valence-electron chi connectivity index (χ0n) is 16.4. The Morgan fingerprint density at radius 2 is 1.68 bits per heavy atom. The lowest BCUT2D eigenvalue weighted by molar-refractivity contribution is -0.137. The number of anilines is 2. The molecule has 0 saturated carbocycles. The Balaban J connectivity index is 1.33. The summed E-state index contributed by atoms with van der Waals surface area (Å²) in [6.45, 7) is 1.12. The fourth-order valence-corrected chi connectivity index (χ4v) is 3.92. The molecule has 0 aliphatic carbocycles. The van der Waals surface area contributed by atoms with Gasteiger partial charge in [0.05, 0.1) is 23.7 Å². The van der Waals surface area contributed by atoms with Gasteiger partial charge in [0.25, 0.3) is 5.91 Å². The molecular weight excluding hydrogens is 416 g/mol. The first-order valence-corrected chi connectivity index (χ1v) is 9.89. The average molecular weight is 436 g/mol. The van der Waals surface area contributed by atoms with E-state index < -0.39 is 23.6 Å². The van der Waals surface area contributed by atoms with E-state index in [1.807, 2.05) is 4.90 Å². The third-order valence-corrected chi connectivity index (χ3v) is 5.56. The minimum Gasteiger partial charge on any atom is -0.357 e. The summed E-state index contributed by atoms with van der Waals surface area (Å²) < 4.78 is 51.2. The molecule has 10 heteroatoms. The van der Waals surface area contributed by atoms with Crippen molar-refractivity contribution in [1.29, 1.82) is 0 Å². The van der Waals surface area contributed by atoms with Crippen LogP contribution in [0.1, 0.15) is 24.8 Å². The number of halogens is 4. The summed E-state index contributed by atoms with van der Waals surface area (Å²) in [4.78, 5) is 31.9. The van der Waals surface area contributed by atoms with Gasteiger partial charge in [-0.05, 0) is 49.2 Å². The van der Waals surface area contributed by atoms with Crippen molar-refractivity contribution in [2.75, 3.05) is 22.9 Å². The molecule has 2 aliphatic heterocycles. The van der Waals surface area contributed by atoms with Crippen molar-refractivity contribution < 1.29 is 27.2 Å². The number of pyridine rings is 1. The van der Waals surface area contributed by atoms with E-state index in [2.05, 4.69) is 10.3 Å². The van der Waals surface area contributed by atoms with Gasteiger partial charge in [-0.2, -0.15) is 13.2 Å². The van der Waals surface area contributed by atoms with Crippen molar-refractivity contribution in [2.45, 2.75) is 37.5 Å². The summed E-state index contributed by atoms with van der Waals surface area (Å²) in [6, 6.07) is 6.88. The van der Waals surface area contributed by atoms with Crippen molar-refractivity contribution in [3.8, 4) is 0 Å². The monoisotopic (exact) mass is 436 g/mol. The van der Waals surface area contributed by atoms with E-state index in [4.69, 9.17) is 0 Å². The number of nitrogens with one attached hydrogen (secondary N) is 1. The second-order valence-electron chi connectivity index (χ2n) is 7.63. The van der Waals surface area contributed by atoms with E-state index in [-0.39, 0.29) is 24.3 Å². The maximum atomic E-state index is 13.1. The zero-order chi connectivity index (χ0) is 22.2. The molecule has 4 rings (SSSR count). The molecule has 1 atom stereocenters. The summed E-state index contributed by atoms with van der Waals surface area (Å²) in [5.74, 6) is -0.697. The van der Waals surface area contributed by atoms with E-state index in [9.17, 15) is 27.2 Å². The van der Waals surface area contributed by atoms with Gasteiger partial charge in [-0.3, -0.25) is 9.59 Å². The number of hydrogen-bond donors (Lipinski definition) is 1. The van der Waals surface area contributed by atoms with Gasteiger partial charge in [-0.15, -0.1) is 0 Å². The van der Waals surface area contributed by atoms with Gasteiger partial charge >= 0.3 is 6.18 Å². The highest BCUT2D eigenvalue weighted by Gasteiger charge is 2.40. The van der Waals surface area contributed by atoms with Crippen LogP contribution in [0.25, 0.3) is 0 Å². The summed E-state index contributed by atoms with van der Waals surface area (Å²) in [7, 11) is 0. The Morgan fingerprint density at radius 3 is 2.26 bits per heavy atom. The molecule has 0 radical (unpaired) electrons. The number of benzene rings is 1. The highest BCUT2D eigenvalue weighted by atomic mass is 19.4. The Morgan fingerprint density at radius 1 is 1.00 bits per heavy atom. The molecule has 31 heavy (non-hydrogen) atoms. The van der Waals surface area contributed by atoms with E-state index in [1.165, 1.54) is 30.3 Å². The van der Waals surface area contributed by atoms with Crippen molar-refractivity contribution in [1.82, 2.24) is 10.3 Å². The van der Waals surface area contributed by atoms with Gasteiger partial charge in [0.2, 0.25) is 5.91 Å². The third kappa shape index (κ3) is 4.53. The lowest BCUT2D eigenvalue weighted by atomic mass is 10.0. The fraction of sp³-hybridized carbons (Fsp3) is 0.381. The molecule has 2 amide bonds. The SMILES string of the molecule is O=C1CC(NC2CCN(c3ccc(C(F)(F)F)cn3)CC2)C(=O)N1c1ccc(F)cc1. The summed E-state index contributed by atoms with van der Waals surface area (Å²) in [5.41, 5.74) is -0.452. The second-order valence-corrected chi connectivity index (χ2v) is 7.63. The van der Waals surface area contributed by atoms with Crippen LogP contribution in [-0.4, -0.2) is 42.0 Å². The van der Waals surface area contributed by atoms with Crippen LogP contribution in [0.3, 0.4) is 0 Å². The van der Waals surface area contributed by atoms with Crippen molar-refractivity contribution in [3.63, 3.8) is 0 Å². The minimum absolute atomic E-state index is 0.0133. The van der Waals surface area contributed by atoms with Crippen LogP contribution < -0.4 is 15.1 Å². The molecule has 6 nitrogen and oxygen atoms in total. The minimum atomic E-state index is -4.42. The smallest absolute Gasteiger partial charge is 0.357 e. The predicted molar refractivity (Wildman–Crippen MR) is 105 cm³/mol. The zero-order valence-corrected chi connectivity index (χ0v) is 16.4. The Kier molecular flexibility index (Phi) is 5.65. The summed E-state index contributed by atoms with van der Waals surface area (Å²) >= 11 is 0. The molecule has 3 heterocycles. The van der Waals surface area contributed by atoms with Crippen molar-refractivity contribution >= 4 is 23.3 Å². The quantitative estimate of drug-likeness (QED) is 0.590. The standard InChI is InChI=1S/C21H20F4N4O2/c22-14-2-4-16(5-3-14)29-19(30)11-17(20(29)31)27-15-7-9-28(10-8-15)18-6-1-13(12-26-18)21(23,24)25/h1-6,12,15,17,27H,7-11H2. The number of piperidine rings is 1. The molecule has 2 aliphatic rings. The van der Waals surface area contributed by atoms with Gasteiger partial charge in [-0.1, -0.05) is 0 Å². The topological polar surface area (TPSA) is 65.5 Å². The molecule has 2 saturated heterocycles. The molecule has 1 N–H and O–H groups in total. The predicted octanol–water partition coefficient (Wildman–Crippen LogP) is 3.13. The number of nitrogens with zero attached hydrogens (tertiary/aromatic N) is 3. The molecule has 1 aromatic carbocycles. The van der Waals surface area contributed by atoms with E-state index >= 15 is 0 Å². The molecule has 2 fully saturated rings. The number of aromatic nitrogens is 1. The van der Waals surface area contributed by atoms with Gasteiger partial charge in [0.15, 0.2) is 0 Å². The first-order chi connectivity index (χ1) is 14.7. The molecule has 2 aromatic rings. The number of carbonyl (C=O) groups excluding carboxylic acids is 2. The summed E-state index contributed by atoms with van der Waals surface area (Å²) in [5, 5.41) is 3.23. The molecule has 0 bridgehead atoms. The van der Waals surface area contributed by atoms with Gasteiger partial charge in [0, 0.05) is 25.3 Å². The van der Waals surface area contributed by atoms with Crippen LogP contribution in [0.4, 0.5) is 29.1 Å². The van der Waals surface area contributed by atoms with Gasteiger partial charge in [0.1, 0.15) is 11.6 Å². The van der Waals surface area contributed by atoms with E-state index in [0.29, 0.717) is 37.4 Å². The first kappa shape index (κ1) is 21.2. The highest BCUT2D eigenvalue weighted by Crippen LogP contribution is 2.30. The van der Waals surface area contributed by atoms with Crippen LogP contribution in [0.15, 0.2) is 42.6 Å². The highest BCUT2D eigenvalue weighted by molar-refractivity contribution is 6.22. The number of imide groups is 1. The molecule has 1 aromatic heterocycles. The average Bonchev–Trinajstić information content (AvgIpc) is 3.02. The maximum absolute atomic E-state index is 13.1. The lowest BCUT2D eigenvalue weighted by Crippen LogP contribution is -2.49. The number of rotatable bonds is 4. The number of carbonyl (C=O) groups is 2. The lowest BCUT2D eigenvalue weighted by Gasteiger charge is -2.34. The Hall–Kier alpha value is -3.01. The van der Waals surface area contributed by atoms with Crippen molar-refractivity contribution in [3.05, 3.63) is 54.0 Å². The van der Waals surface area contributed by atoms with E-state index in [1.54, 1.807) is 0 Å². The fourth-order valence-electron chi connectivity index (χ4n) is 3.92. The molecular formula is C21H20F4N4O2. The van der Waals surface area contributed by atoms with E-state index in [0.717, 1.165) is 17.2 Å². The van der Waals surface area contributed by atoms with Crippen molar-refractivity contribution in [2.24, 2.45) is 0 Å². The van der Waals surface area contributed by atoms with Crippen LogP contribution in [0.5, 0.6) is 0 Å². The normalized spacial score (nSPS) is 20.6.